The molecule has 182 valence electrons. The normalized spacial score (nSPS) is 15.4. The smallest absolute Gasteiger partial charge is 0.241 e. The van der Waals surface area contributed by atoms with Gasteiger partial charge in [-0.05, 0) is 68.3 Å². The molecule has 2 aromatic carbocycles. The first-order chi connectivity index (χ1) is 16.1. The topological polar surface area (TPSA) is 122 Å². The van der Waals surface area contributed by atoms with Crippen molar-refractivity contribution in [1.29, 1.82) is 0 Å². The summed E-state index contributed by atoms with van der Waals surface area (Å²) < 4.78 is 32.9. The number of benzene rings is 2. The lowest BCUT2D eigenvalue weighted by atomic mass is 9.88. The summed E-state index contributed by atoms with van der Waals surface area (Å²) in [5, 5.41) is 2.57. The van der Waals surface area contributed by atoms with Crippen molar-refractivity contribution >= 4 is 33.3 Å². The zero-order chi connectivity index (χ0) is 24.9. The van der Waals surface area contributed by atoms with Crippen molar-refractivity contribution in [2.45, 2.75) is 37.6 Å². The lowest BCUT2D eigenvalue weighted by molar-refractivity contribution is -0.133. The van der Waals surface area contributed by atoms with Crippen LogP contribution in [0.3, 0.4) is 0 Å². The maximum atomic E-state index is 12.9. The summed E-state index contributed by atoms with van der Waals surface area (Å²) in [5.74, 6) is -0.0777. The molecule has 0 unspecified atom stereocenters. The van der Waals surface area contributed by atoms with Crippen LogP contribution in [0, 0.1) is 5.92 Å². The van der Waals surface area contributed by atoms with Gasteiger partial charge in [-0.2, -0.15) is 4.72 Å². The molecule has 1 aliphatic rings. The minimum absolute atomic E-state index is 0.00921. The fourth-order valence-corrected chi connectivity index (χ4v) is 5.10. The lowest BCUT2D eigenvalue weighted by Crippen LogP contribution is -2.49. The van der Waals surface area contributed by atoms with Crippen LogP contribution in [0.1, 0.15) is 37.0 Å². The quantitative estimate of drug-likeness (QED) is 0.552. The number of methoxy groups -OCH3 is 1. The average molecular weight is 488 g/mol. The Bertz CT molecular complexity index is 1140. The van der Waals surface area contributed by atoms with Gasteiger partial charge >= 0.3 is 0 Å². The summed E-state index contributed by atoms with van der Waals surface area (Å²) in [7, 11) is -2.36. The number of hydrogen-bond acceptors (Lipinski definition) is 6. The number of anilines is 1. The Balaban J connectivity index is 1.55. The molecular formula is C24H29N3O6S. The number of amides is 2. The molecule has 2 N–H and O–H groups in total. The van der Waals surface area contributed by atoms with Gasteiger partial charge in [0, 0.05) is 37.2 Å². The van der Waals surface area contributed by atoms with E-state index in [0.29, 0.717) is 42.9 Å². The summed E-state index contributed by atoms with van der Waals surface area (Å²) in [6.07, 6.45) is 1.03. The summed E-state index contributed by atoms with van der Waals surface area (Å²) in [6, 6.07) is 11.7. The molecule has 34 heavy (non-hydrogen) atoms. The van der Waals surface area contributed by atoms with Crippen LogP contribution < -0.4 is 14.8 Å². The highest BCUT2D eigenvalue weighted by atomic mass is 32.2. The Morgan fingerprint density at radius 2 is 1.59 bits per heavy atom. The molecule has 0 aliphatic carbocycles. The predicted octanol–water partition coefficient (Wildman–Crippen LogP) is 2.44. The van der Waals surface area contributed by atoms with E-state index in [9.17, 15) is 22.8 Å². The molecular weight excluding hydrogens is 458 g/mol. The molecule has 9 nitrogen and oxygen atoms in total. The van der Waals surface area contributed by atoms with E-state index in [1.807, 2.05) is 0 Å². The van der Waals surface area contributed by atoms with Crippen molar-refractivity contribution < 1.29 is 27.5 Å². The first-order valence-electron chi connectivity index (χ1n) is 11.0. The summed E-state index contributed by atoms with van der Waals surface area (Å²) in [4.78, 5) is 38.3. The van der Waals surface area contributed by atoms with Crippen LogP contribution in [0.4, 0.5) is 5.69 Å². The van der Waals surface area contributed by atoms with E-state index >= 15 is 0 Å². The number of carbonyl (C=O) groups excluding carboxylic acids is 3. The molecule has 2 amide bonds. The van der Waals surface area contributed by atoms with Crippen LogP contribution in [0.2, 0.25) is 0 Å². The number of ketones is 1. The second kappa shape index (κ2) is 10.8. The van der Waals surface area contributed by atoms with Gasteiger partial charge in [0.05, 0.1) is 18.0 Å². The van der Waals surface area contributed by atoms with E-state index in [2.05, 4.69) is 10.0 Å². The van der Waals surface area contributed by atoms with Crippen LogP contribution >= 0.6 is 0 Å². The summed E-state index contributed by atoms with van der Waals surface area (Å²) in [5.41, 5.74) is 1.08. The number of piperidine rings is 1. The number of Topliss-reactive ketones (excluding diaryl/α,β-unsaturated/α-hetero) is 1. The summed E-state index contributed by atoms with van der Waals surface area (Å²) >= 11 is 0. The van der Waals surface area contributed by atoms with Crippen molar-refractivity contribution in [2.75, 3.05) is 25.5 Å². The zero-order valence-electron chi connectivity index (χ0n) is 19.4. The largest absolute Gasteiger partial charge is 0.497 e. The minimum atomic E-state index is -3.93. The molecule has 1 saturated heterocycles. The molecule has 1 fully saturated rings. The van der Waals surface area contributed by atoms with Crippen LogP contribution in [0.5, 0.6) is 5.75 Å². The van der Waals surface area contributed by atoms with E-state index in [0.717, 1.165) is 0 Å². The number of nitrogens with zero attached hydrogens (tertiary/aromatic N) is 1. The maximum Gasteiger partial charge on any atom is 0.241 e. The van der Waals surface area contributed by atoms with E-state index < -0.39 is 16.1 Å². The van der Waals surface area contributed by atoms with Crippen molar-refractivity contribution in [1.82, 2.24) is 9.62 Å². The lowest BCUT2D eigenvalue weighted by Gasteiger charge is -2.33. The van der Waals surface area contributed by atoms with Crippen LogP contribution in [-0.4, -0.2) is 57.2 Å². The highest BCUT2D eigenvalue weighted by Gasteiger charge is 2.31. The van der Waals surface area contributed by atoms with Gasteiger partial charge in [-0.3, -0.25) is 14.4 Å². The molecule has 0 aromatic heterocycles. The van der Waals surface area contributed by atoms with Gasteiger partial charge in [-0.1, -0.05) is 0 Å². The number of sulfonamides is 1. The molecule has 3 rings (SSSR count). The van der Waals surface area contributed by atoms with Gasteiger partial charge in [0.15, 0.2) is 5.78 Å². The average Bonchev–Trinajstić information content (AvgIpc) is 2.83. The van der Waals surface area contributed by atoms with Gasteiger partial charge in [0.1, 0.15) is 5.75 Å². The number of likely N-dealkylation sites (tertiary alicyclic amines) is 1. The van der Waals surface area contributed by atoms with Crippen molar-refractivity contribution in [3.05, 3.63) is 54.1 Å². The van der Waals surface area contributed by atoms with E-state index in [1.54, 1.807) is 36.3 Å². The standard InChI is InChI=1S/C24H29N3O6S/c1-16(26-34(31,32)22-10-6-20(7-11-22)25-17(2)28)24(30)27-14-12-19(13-15-27)23(29)18-4-8-21(33-3)9-5-18/h4-11,16,19,26H,12-15H2,1-3H3,(H,25,28)/t16-/m0/s1. The minimum Gasteiger partial charge on any atom is -0.497 e. The summed E-state index contributed by atoms with van der Waals surface area (Å²) in [6.45, 7) is 3.61. The molecule has 10 heteroatoms. The highest BCUT2D eigenvalue weighted by Crippen LogP contribution is 2.24. The molecule has 1 aliphatic heterocycles. The Labute approximate surface area is 199 Å². The first kappa shape index (κ1) is 25.4. The number of carbonyl (C=O) groups is 3. The highest BCUT2D eigenvalue weighted by molar-refractivity contribution is 7.89. The van der Waals surface area contributed by atoms with Gasteiger partial charge in [0.2, 0.25) is 21.8 Å². The van der Waals surface area contributed by atoms with Crippen molar-refractivity contribution in [2.24, 2.45) is 5.92 Å². The Kier molecular flexibility index (Phi) is 8.06. The molecule has 0 saturated carbocycles. The Hall–Kier alpha value is -3.24. The second-order valence-corrected chi connectivity index (χ2v) is 9.95. The third-order valence-corrected chi connectivity index (χ3v) is 7.30. The molecule has 0 bridgehead atoms. The molecule has 1 atom stereocenters. The Morgan fingerprint density at radius 1 is 1.00 bits per heavy atom. The molecule has 2 aromatic rings. The number of ether oxygens (including phenoxy) is 1. The zero-order valence-corrected chi connectivity index (χ0v) is 20.2. The number of nitrogens with one attached hydrogen (secondary N) is 2. The van der Waals surface area contributed by atoms with Crippen molar-refractivity contribution in [3.63, 3.8) is 0 Å². The molecule has 0 spiro atoms. The van der Waals surface area contributed by atoms with Crippen LogP contribution in [0.15, 0.2) is 53.4 Å². The number of rotatable bonds is 8. The third kappa shape index (κ3) is 6.21. The van der Waals surface area contributed by atoms with Crippen LogP contribution in [-0.2, 0) is 19.6 Å². The second-order valence-electron chi connectivity index (χ2n) is 8.24. The number of hydrogen-bond donors (Lipinski definition) is 2. The van der Waals surface area contributed by atoms with Crippen LogP contribution in [0.25, 0.3) is 0 Å². The SMILES string of the molecule is COc1ccc(C(=O)C2CCN(C(=O)[C@H](C)NS(=O)(=O)c3ccc(NC(C)=O)cc3)CC2)cc1. The van der Waals surface area contributed by atoms with E-state index in [4.69, 9.17) is 4.74 Å². The molecule has 0 radical (unpaired) electrons. The maximum absolute atomic E-state index is 12.9. The van der Waals surface area contributed by atoms with Gasteiger partial charge in [0.25, 0.3) is 0 Å². The third-order valence-electron chi connectivity index (χ3n) is 5.74. The van der Waals surface area contributed by atoms with Crippen molar-refractivity contribution in [3.8, 4) is 5.75 Å². The fourth-order valence-electron chi connectivity index (χ4n) is 3.90. The van der Waals surface area contributed by atoms with Gasteiger partial charge < -0.3 is 15.0 Å². The predicted molar refractivity (Wildman–Crippen MR) is 127 cm³/mol. The monoisotopic (exact) mass is 487 g/mol. The fraction of sp³-hybridized carbons (Fsp3) is 0.375. The van der Waals surface area contributed by atoms with E-state index in [1.165, 1.54) is 38.1 Å². The van der Waals surface area contributed by atoms with Gasteiger partial charge in [-0.25, -0.2) is 8.42 Å². The Morgan fingerprint density at radius 3 is 2.12 bits per heavy atom. The molecule has 1 heterocycles. The van der Waals surface area contributed by atoms with E-state index in [-0.39, 0.29) is 28.4 Å². The van der Waals surface area contributed by atoms with Gasteiger partial charge in [-0.15, -0.1) is 0 Å². The first-order valence-corrected chi connectivity index (χ1v) is 12.5.